The van der Waals surface area contributed by atoms with Crippen LogP contribution >= 0.6 is 0 Å². The number of carbonyl (C=O) groups excluding carboxylic acids is 1. The molecule has 0 aliphatic carbocycles. The molecule has 0 radical (unpaired) electrons. The van der Waals surface area contributed by atoms with Crippen molar-refractivity contribution in [3.63, 3.8) is 0 Å². The number of hydrogen-bond donors (Lipinski definition) is 1. The summed E-state index contributed by atoms with van der Waals surface area (Å²) in [4.78, 5) is 16.1. The molecule has 1 amide bonds. The zero-order valence-corrected chi connectivity index (χ0v) is 16.1. The van der Waals surface area contributed by atoms with Gasteiger partial charge in [-0.3, -0.25) is 10.00 Å². The Kier molecular flexibility index (Phi) is 5.10. The lowest BCUT2D eigenvalue weighted by Crippen LogP contribution is -2.22. The fourth-order valence-electron chi connectivity index (χ4n) is 3.67. The van der Waals surface area contributed by atoms with Crippen molar-refractivity contribution in [2.45, 2.75) is 45.2 Å². The lowest BCUT2D eigenvalue weighted by molar-refractivity contribution is 0.167. The van der Waals surface area contributed by atoms with Gasteiger partial charge in [0, 0.05) is 18.0 Å². The van der Waals surface area contributed by atoms with Crippen LogP contribution in [-0.2, 0) is 17.8 Å². The quantitative estimate of drug-likeness (QED) is 0.733. The molecule has 1 aliphatic rings. The van der Waals surface area contributed by atoms with Crippen molar-refractivity contribution in [3.8, 4) is 0 Å². The van der Waals surface area contributed by atoms with E-state index in [-0.39, 0.29) is 5.92 Å². The Morgan fingerprint density at radius 2 is 2.14 bits per heavy atom. The van der Waals surface area contributed by atoms with E-state index in [1.807, 2.05) is 33.8 Å². The number of nitrogens with zero attached hydrogens (tertiary/aromatic N) is 5. The molecule has 8 nitrogen and oxygen atoms in total. The van der Waals surface area contributed by atoms with E-state index >= 15 is 0 Å². The Balaban J connectivity index is 1.47. The van der Waals surface area contributed by atoms with E-state index in [0.717, 1.165) is 18.8 Å². The van der Waals surface area contributed by atoms with Crippen LogP contribution in [0.1, 0.15) is 49.1 Å². The fourth-order valence-corrected chi connectivity index (χ4v) is 3.67. The number of ether oxygens (including phenoxy) is 1. The molecule has 0 saturated heterocycles. The van der Waals surface area contributed by atoms with Crippen LogP contribution in [0.4, 0.5) is 10.7 Å². The van der Waals surface area contributed by atoms with E-state index in [0.29, 0.717) is 25.0 Å². The Morgan fingerprint density at radius 1 is 1.32 bits per heavy atom. The minimum atomic E-state index is -0.531. The molecule has 1 aromatic carbocycles. The van der Waals surface area contributed by atoms with Gasteiger partial charge in [-0.05, 0) is 24.5 Å². The van der Waals surface area contributed by atoms with Crippen molar-refractivity contribution < 1.29 is 9.53 Å². The molecule has 0 fully saturated rings. The number of nitrogens with one attached hydrogen (secondary N) is 1. The summed E-state index contributed by atoms with van der Waals surface area (Å²) in [5.74, 6) is 1.73. The van der Waals surface area contributed by atoms with Crippen molar-refractivity contribution in [2.24, 2.45) is 0 Å². The lowest BCUT2D eigenvalue weighted by Gasteiger charge is -2.26. The van der Waals surface area contributed by atoms with Crippen LogP contribution in [0, 0.1) is 0 Å². The van der Waals surface area contributed by atoms with Gasteiger partial charge in [-0.1, -0.05) is 37.3 Å². The molecule has 2 aromatic heterocycles. The monoisotopic (exact) mass is 380 g/mol. The van der Waals surface area contributed by atoms with E-state index < -0.39 is 6.09 Å². The summed E-state index contributed by atoms with van der Waals surface area (Å²) in [6.07, 6.45) is 4.50. The number of carbonyl (C=O) groups is 1. The molecule has 0 spiro atoms. The molecule has 3 heterocycles. The Bertz CT molecular complexity index is 949. The second-order valence-corrected chi connectivity index (χ2v) is 7.11. The molecule has 2 unspecified atom stereocenters. The minimum absolute atomic E-state index is 0.237. The van der Waals surface area contributed by atoms with Gasteiger partial charge in [0.1, 0.15) is 5.82 Å². The second kappa shape index (κ2) is 7.84. The number of benzene rings is 1. The molecule has 2 atom stereocenters. The summed E-state index contributed by atoms with van der Waals surface area (Å²) in [5, 5.41) is 11.6. The van der Waals surface area contributed by atoms with Gasteiger partial charge < -0.3 is 4.74 Å². The van der Waals surface area contributed by atoms with Gasteiger partial charge in [-0.15, -0.1) is 5.10 Å². The maximum absolute atomic E-state index is 11.6. The van der Waals surface area contributed by atoms with E-state index in [9.17, 15) is 4.79 Å². The molecule has 146 valence electrons. The third kappa shape index (κ3) is 3.90. The summed E-state index contributed by atoms with van der Waals surface area (Å²) in [7, 11) is 0. The molecule has 4 rings (SSSR count). The lowest BCUT2D eigenvalue weighted by atomic mass is 9.88. The van der Waals surface area contributed by atoms with Crippen molar-refractivity contribution in [1.29, 1.82) is 0 Å². The first-order valence-corrected chi connectivity index (χ1v) is 9.57. The molecule has 8 heteroatoms. The number of anilines is 1. The van der Waals surface area contributed by atoms with Gasteiger partial charge in [0.25, 0.3) is 5.95 Å². The van der Waals surface area contributed by atoms with Crippen LogP contribution in [0.5, 0.6) is 0 Å². The largest absolute Gasteiger partial charge is 0.450 e. The third-order valence-corrected chi connectivity index (χ3v) is 4.97. The van der Waals surface area contributed by atoms with Crippen molar-refractivity contribution in [3.05, 3.63) is 59.7 Å². The fraction of sp³-hybridized carbons (Fsp3) is 0.400. The Labute approximate surface area is 163 Å². The zero-order chi connectivity index (χ0) is 19.5. The first-order chi connectivity index (χ1) is 13.6. The summed E-state index contributed by atoms with van der Waals surface area (Å²) in [5.41, 5.74) is 2.42. The van der Waals surface area contributed by atoms with E-state index in [2.05, 4.69) is 45.8 Å². The Morgan fingerprint density at radius 3 is 2.93 bits per heavy atom. The highest BCUT2D eigenvalue weighted by molar-refractivity contribution is 5.82. The van der Waals surface area contributed by atoms with E-state index in [1.165, 1.54) is 11.1 Å². The van der Waals surface area contributed by atoms with Crippen molar-refractivity contribution >= 4 is 12.0 Å². The number of aromatic nitrogens is 5. The van der Waals surface area contributed by atoms with E-state index in [4.69, 9.17) is 4.74 Å². The van der Waals surface area contributed by atoms with Crippen LogP contribution in [0.2, 0.25) is 0 Å². The number of rotatable bonds is 5. The highest BCUT2D eigenvalue weighted by Gasteiger charge is 2.29. The maximum Gasteiger partial charge on any atom is 0.414 e. The van der Waals surface area contributed by atoms with E-state index in [1.54, 1.807) is 6.92 Å². The smallest absolute Gasteiger partial charge is 0.414 e. The molecular weight excluding hydrogens is 356 g/mol. The van der Waals surface area contributed by atoms with Crippen LogP contribution in [0.15, 0.2) is 42.7 Å². The van der Waals surface area contributed by atoms with Gasteiger partial charge in [0.15, 0.2) is 0 Å². The van der Waals surface area contributed by atoms with Crippen LogP contribution < -0.4 is 5.32 Å². The second-order valence-electron chi connectivity index (χ2n) is 7.11. The summed E-state index contributed by atoms with van der Waals surface area (Å²) in [6, 6.07) is 10.3. The highest BCUT2D eigenvalue weighted by atomic mass is 16.5. The van der Waals surface area contributed by atoms with Crippen LogP contribution in [0.3, 0.4) is 0 Å². The van der Waals surface area contributed by atoms with Crippen LogP contribution in [-0.4, -0.2) is 37.2 Å². The van der Waals surface area contributed by atoms with Crippen LogP contribution in [0.25, 0.3) is 0 Å². The third-order valence-electron chi connectivity index (χ3n) is 4.97. The summed E-state index contributed by atoms with van der Waals surface area (Å²) < 4.78 is 8.75. The first kappa shape index (κ1) is 18.2. The highest BCUT2D eigenvalue weighted by Crippen LogP contribution is 2.35. The van der Waals surface area contributed by atoms with Crippen molar-refractivity contribution in [2.75, 3.05) is 11.9 Å². The molecular formula is C20H24N6O2. The van der Waals surface area contributed by atoms with Crippen molar-refractivity contribution in [1.82, 2.24) is 24.5 Å². The summed E-state index contributed by atoms with van der Waals surface area (Å²) in [6.45, 7) is 5.68. The molecule has 1 N–H and O–H groups in total. The molecule has 0 saturated carbocycles. The SMILES string of the molecule is CCOC(=O)Nc1nc2n(n1)CC(c1cnn(Cc3ccccc3)c1)CC2C. The normalized spacial score (nSPS) is 18.5. The average Bonchev–Trinajstić information content (AvgIpc) is 3.29. The standard InChI is InChI=1S/C20H24N6O2/c1-3-28-20(27)23-19-22-18-14(2)9-16(13-26(18)24-19)17-10-21-25(12-17)11-15-7-5-4-6-8-15/h4-8,10,12,14,16H,3,9,11,13H2,1-2H3,(H,23,24,27). The number of amides is 1. The van der Waals surface area contributed by atoms with Gasteiger partial charge in [-0.25, -0.2) is 9.48 Å². The maximum atomic E-state index is 11.6. The van der Waals surface area contributed by atoms with Gasteiger partial charge in [0.05, 0.1) is 25.9 Å². The van der Waals surface area contributed by atoms with Gasteiger partial charge >= 0.3 is 6.09 Å². The first-order valence-electron chi connectivity index (χ1n) is 9.57. The number of fused-ring (bicyclic) bond motifs is 1. The molecule has 1 aliphatic heterocycles. The molecule has 0 bridgehead atoms. The Hall–Kier alpha value is -3.16. The minimum Gasteiger partial charge on any atom is -0.450 e. The van der Waals surface area contributed by atoms with Gasteiger partial charge in [0.2, 0.25) is 0 Å². The molecule has 3 aromatic rings. The average molecular weight is 380 g/mol. The topological polar surface area (TPSA) is 86.9 Å². The van der Waals surface area contributed by atoms with Gasteiger partial charge in [-0.2, -0.15) is 10.1 Å². The molecule has 28 heavy (non-hydrogen) atoms. The summed E-state index contributed by atoms with van der Waals surface area (Å²) >= 11 is 0. The predicted octanol–water partition coefficient (Wildman–Crippen LogP) is 3.38. The zero-order valence-electron chi connectivity index (χ0n) is 16.1. The number of hydrogen-bond acceptors (Lipinski definition) is 5. The predicted molar refractivity (Wildman–Crippen MR) is 104 cm³/mol.